The van der Waals surface area contributed by atoms with Gasteiger partial charge in [0.05, 0.1) is 6.54 Å². The van der Waals surface area contributed by atoms with Crippen molar-refractivity contribution in [2.45, 2.75) is 27.7 Å². The molecular formula is C12H23BrN2O. The molecule has 0 rings (SSSR count). The highest BCUT2D eigenvalue weighted by Crippen LogP contribution is 2.05. The van der Waals surface area contributed by atoms with Crippen LogP contribution in [0.4, 0.5) is 4.79 Å². The summed E-state index contributed by atoms with van der Waals surface area (Å²) in [5.74, 6) is 0.966. The SMILES string of the molecule is C=C(Br)CNC(=O)N(CC(C)C)CC(C)C. The molecule has 0 aromatic carbocycles. The number of carbonyl (C=O) groups excluding carboxylic acids is 1. The normalized spacial score (nSPS) is 10.7. The molecule has 3 nitrogen and oxygen atoms in total. The fourth-order valence-electron chi connectivity index (χ4n) is 1.41. The highest BCUT2D eigenvalue weighted by atomic mass is 79.9. The third kappa shape index (κ3) is 7.74. The fourth-order valence-corrected chi connectivity index (χ4v) is 1.55. The van der Waals surface area contributed by atoms with E-state index in [1.54, 1.807) is 0 Å². The van der Waals surface area contributed by atoms with Gasteiger partial charge in [0.1, 0.15) is 0 Å². The summed E-state index contributed by atoms with van der Waals surface area (Å²) in [6.07, 6.45) is 0. The third-order valence-electron chi connectivity index (χ3n) is 1.89. The first-order valence-electron chi connectivity index (χ1n) is 5.69. The Morgan fingerprint density at radius 3 is 2.00 bits per heavy atom. The quantitative estimate of drug-likeness (QED) is 0.800. The second-order valence-electron chi connectivity index (χ2n) is 4.87. The zero-order valence-electron chi connectivity index (χ0n) is 10.7. The second kappa shape index (κ2) is 7.71. The molecule has 0 aromatic rings. The van der Waals surface area contributed by atoms with Crippen LogP contribution in [-0.4, -0.2) is 30.6 Å². The van der Waals surface area contributed by atoms with Gasteiger partial charge < -0.3 is 10.2 Å². The summed E-state index contributed by atoms with van der Waals surface area (Å²) in [6, 6.07) is -0.0111. The van der Waals surface area contributed by atoms with Crippen LogP contribution in [0.1, 0.15) is 27.7 Å². The van der Waals surface area contributed by atoms with Crippen LogP contribution in [0.25, 0.3) is 0 Å². The molecule has 0 unspecified atom stereocenters. The number of nitrogens with one attached hydrogen (secondary N) is 1. The minimum absolute atomic E-state index is 0.0111. The average Bonchev–Trinajstić information content (AvgIpc) is 2.11. The van der Waals surface area contributed by atoms with E-state index in [0.717, 1.165) is 17.6 Å². The van der Waals surface area contributed by atoms with E-state index < -0.39 is 0 Å². The lowest BCUT2D eigenvalue weighted by Gasteiger charge is -2.26. The molecular weight excluding hydrogens is 268 g/mol. The van der Waals surface area contributed by atoms with Gasteiger partial charge in [-0.25, -0.2) is 4.79 Å². The largest absolute Gasteiger partial charge is 0.333 e. The second-order valence-corrected chi connectivity index (χ2v) is 5.99. The first kappa shape index (κ1) is 15.5. The van der Waals surface area contributed by atoms with E-state index in [2.05, 4.69) is 55.5 Å². The maximum Gasteiger partial charge on any atom is 0.317 e. The Labute approximate surface area is 107 Å². The molecule has 0 spiro atoms. The first-order chi connectivity index (χ1) is 7.32. The maximum atomic E-state index is 11.9. The maximum absolute atomic E-state index is 11.9. The van der Waals surface area contributed by atoms with E-state index >= 15 is 0 Å². The van der Waals surface area contributed by atoms with Crippen LogP contribution in [0.3, 0.4) is 0 Å². The zero-order valence-corrected chi connectivity index (χ0v) is 12.3. The summed E-state index contributed by atoms with van der Waals surface area (Å²) < 4.78 is 0.787. The minimum atomic E-state index is -0.0111. The van der Waals surface area contributed by atoms with Gasteiger partial charge in [-0.1, -0.05) is 50.2 Å². The van der Waals surface area contributed by atoms with Crippen molar-refractivity contribution in [2.24, 2.45) is 11.8 Å². The molecule has 0 atom stereocenters. The van der Waals surface area contributed by atoms with Crippen LogP contribution < -0.4 is 5.32 Å². The van der Waals surface area contributed by atoms with Gasteiger partial charge in [-0.05, 0) is 11.8 Å². The molecule has 1 N–H and O–H groups in total. The van der Waals surface area contributed by atoms with Gasteiger partial charge in [-0.2, -0.15) is 0 Å². The molecule has 0 heterocycles. The lowest BCUT2D eigenvalue weighted by molar-refractivity contribution is 0.184. The molecule has 0 bridgehead atoms. The van der Waals surface area contributed by atoms with Crippen LogP contribution in [0.15, 0.2) is 11.1 Å². The van der Waals surface area contributed by atoms with Gasteiger partial charge in [0.15, 0.2) is 0 Å². The van der Waals surface area contributed by atoms with Crippen molar-refractivity contribution >= 4 is 22.0 Å². The monoisotopic (exact) mass is 290 g/mol. The summed E-state index contributed by atoms with van der Waals surface area (Å²) in [6.45, 7) is 14.2. The van der Waals surface area contributed by atoms with Crippen molar-refractivity contribution in [1.29, 1.82) is 0 Å². The van der Waals surface area contributed by atoms with Crippen molar-refractivity contribution < 1.29 is 4.79 Å². The first-order valence-corrected chi connectivity index (χ1v) is 6.48. The Kier molecular flexibility index (Phi) is 7.47. The lowest BCUT2D eigenvalue weighted by Crippen LogP contribution is -2.44. The number of hydrogen-bond donors (Lipinski definition) is 1. The van der Waals surface area contributed by atoms with E-state index in [4.69, 9.17) is 0 Å². The Morgan fingerprint density at radius 1 is 1.25 bits per heavy atom. The molecule has 94 valence electrons. The van der Waals surface area contributed by atoms with Gasteiger partial charge in [-0.15, -0.1) is 0 Å². The molecule has 16 heavy (non-hydrogen) atoms. The van der Waals surface area contributed by atoms with Gasteiger partial charge in [0.2, 0.25) is 0 Å². The smallest absolute Gasteiger partial charge is 0.317 e. The Morgan fingerprint density at radius 2 is 1.69 bits per heavy atom. The van der Waals surface area contributed by atoms with Crippen LogP contribution >= 0.6 is 15.9 Å². The van der Waals surface area contributed by atoms with Crippen LogP contribution in [0, 0.1) is 11.8 Å². The molecule has 0 saturated carbocycles. The molecule has 4 heteroatoms. The summed E-state index contributed by atoms with van der Waals surface area (Å²) in [7, 11) is 0. The predicted octanol–water partition coefficient (Wildman–Crippen LogP) is 3.22. The number of amides is 2. The molecule has 0 aliphatic heterocycles. The third-order valence-corrected chi connectivity index (χ3v) is 2.17. The number of carbonyl (C=O) groups is 1. The summed E-state index contributed by atoms with van der Waals surface area (Å²) >= 11 is 3.23. The van der Waals surface area contributed by atoms with Gasteiger partial charge in [0.25, 0.3) is 0 Å². The number of halogens is 1. The predicted molar refractivity (Wildman–Crippen MR) is 72.7 cm³/mol. The number of urea groups is 1. The molecule has 0 aromatic heterocycles. The Balaban J connectivity index is 4.25. The topological polar surface area (TPSA) is 32.3 Å². The average molecular weight is 291 g/mol. The van der Waals surface area contributed by atoms with E-state index in [1.165, 1.54) is 0 Å². The number of rotatable bonds is 6. The summed E-state index contributed by atoms with van der Waals surface area (Å²) in [4.78, 5) is 13.7. The summed E-state index contributed by atoms with van der Waals surface area (Å²) in [5, 5.41) is 2.83. The van der Waals surface area contributed by atoms with E-state index in [-0.39, 0.29) is 6.03 Å². The van der Waals surface area contributed by atoms with Crippen molar-refractivity contribution in [3.63, 3.8) is 0 Å². The Hall–Kier alpha value is -0.510. The van der Waals surface area contributed by atoms with Crippen molar-refractivity contribution in [2.75, 3.05) is 19.6 Å². The molecule has 0 aliphatic rings. The zero-order chi connectivity index (χ0) is 12.7. The molecule has 0 saturated heterocycles. The number of hydrogen-bond acceptors (Lipinski definition) is 1. The van der Waals surface area contributed by atoms with Crippen LogP contribution in [-0.2, 0) is 0 Å². The van der Waals surface area contributed by atoms with Gasteiger partial charge >= 0.3 is 6.03 Å². The van der Waals surface area contributed by atoms with Crippen LogP contribution in [0.2, 0.25) is 0 Å². The minimum Gasteiger partial charge on any atom is -0.333 e. The molecule has 0 radical (unpaired) electrons. The molecule has 0 fully saturated rings. The number of nitrogens with zero attached hydrogens (tertiary/aromatic N) is 1. The van der Waals surface area contributed by atoms with E-state index in [0.29, 0.717) is 18.4 Å². The summed E-state index contributed by atoms with van der Waals surface area (Å²) in [5.41, 5.74) is 0. The van der Waals surface area contributed by atoms with Gasteiger partial charge in [-0.3, -0.25) is 0 Å². The lowest BCUT2D eigenvalue weighted by atomic mass is 10.1. The Bertz CT molecular complexity index is 229. The van der Waals surface area contributed by atoms with Crippen molar-refractivity contribution in [3.05, 3.63) is 11.1 Å². The highest BCUT2D eigenvalue weighted by molar-refractivity contribution is 9.11. The van der Waals surface area contributed by atoms with Crippen LogP contribution in [0.5, 0.6) is 0 Å². The van der Waals surface area contributed by atoms with Crippen molar-refractivity contribution in [3.8, 4) is 0 Å². The molecule has 2 amide bonds. The van der Waals surface area contributed by atoms with Crippen molar-refractivity contribution in [1.82, 2.24) is 10.2 Å². The van der Waals surface area contributed by atoms with E-state index in [9.17, 15) is 4.79 Å². The highest BCUT2D eigenvalue weighted by Gasteiger charge is 2.15. The fraction of sp³-hybridized carbons (Fsp3) is 0.750. The van der Waals surface area contributed by atoms with E-state index in [1.807, 2.05) is 4.90 Å². The standard InChI is InChI=1S/C12H23BrN2O/c1-9(2)7-15(8-10(3)4)12(16)14-6-11(5)13/h9-10H,5-8H2,1-4H3,(H,14,16). The molecule has 0 aliphatic carbocycles. The van der Waals surface area contributed by atoms with Gasteiger partial charge in [0, 0.05) is 17.6 Å².